The highest BCUT2D eigenvalue weighted by molar-refractivity contribution is 8.00. The van der Waals surface area contributed by atoms with Crippen LogP contribution in [0.1, 0.15) is 39.0 Å². The number of hydrogen-bond donors (Lipinski definition) is 1. The van der Waals surface area contributed by atoms with E-state index in [9.17, 15) is 14.4 Å². The fourth-order valence-corrected chi connectivity index (χ4v) is 4.88. The molecule has 3 heterocycles. The first-order valence-corrected chi connectivity index (χ1v) is 10.6. The average Bonchev–Trinajstić information content (AvgIpc) is 3.27. The van der Waals surface area contributed by atoms with Crippen LogP contribution in [0.3, 0.4) is 0 Å². The first-order valence-electron chi connectivity index (χ1n) is 8.87. The van der Waals surface area contributed by atoms with E-state index in [-0.39, 0.29) is 11.3 Å². The zero-order valence-corrected chi connectivity index (χ0v) is 18.2. The normalized spacial score (nSPS) is 12.1. The number of aromatic amines is 1. The quantitative estimate of drug-likeness (QED) is 0.201. The molecule has 0 amide bonds. The molecule has 0 radical (unpaired) electrons. The molecule has 9 heteroatoms. The number of carbonyl (C=O) groups is 2. The molecule has 0 saturated heterocycles. The Balaban J connectivity index is 1.97. The number of ether oxygens (including phenoxy) is 1. The second-order valence-electron chi connectivity index (χ2n) is 6.47. The highest BCUT2D eigenvalue weighted by atomic mass is 32.2. The maximum absolute atomic E-state index is 13.1. The van der Waals surface area contributed by atoms with Crippen LogP contribution in [-0.4, -0.2) is 38.6 Å². The molecule has 0 bridgehead atoms. The summed E-state index contributed by atoms with van der Waals surface area (Å²) in [6, 6.07) is 1.79. The number of nitrogens with zero attached hydrogens (tertiary/aromatic N) is 2. The Bertz CT molecular complexity index is 1170. The lowest BCUT2D eigenvalue weighted by Crippen LogP contribution is -2.24. The van der Waals surface area contributed by atoms with Crippen molar-refractivity contribution < 1.29 is 14.3 Å². The first kappa shape index (κ1) is 21.1. The summed E-state index contributed by atoms with van der Waals surface area (Å²) in [7, 11) is 1.30. The Morgan fingerprint density at radius 2 is 2.17 bits per heavy atom. The van der Waals surface area contributed by atoms with E-state index >= 15 is 0 Å². The van der Waals surface area contributed by atoms with Crippen molar-refractivity contribution in [1.82, 2.24) is 14.5 Å². The second kappa shape index (κ2) is 8.38. The lowest BCUT2D eigenvalue weighted by atomic mass is 10.1. The Hall–Kier alpha value is -2.65. The topological polar surface area (TPSA) is 94.1 Å². The van der Waals surface area contributed by atoms with Crippen molar-refractivity contribution in [3.8, 4) is 0 Å². The third kappa shape index (κ3) is 3.79. The molecule has 0 fully saturated rings. The third-order valence-electron chi connectivity index (χ3n) is 4.57. The average molecular weight is 432 g/mol. The monoisotopic (exact) mass is 431 g/mol. The van der Waals surface area contributed by atoms with Crippen LogP contribution in [0.15, 0.2) is 34.1 Å². The SMILES string of the molecule is C=CCn1c(S[C@H](C)C(=O)c2[nH]c(C)c(C(=O)OC)c2C)nc2ccsc2c1=O. The minimum Gasteiger partial charge on any atom is -0.465 e. The number of carbonyl (C=O) groups excluding carboxylic acids is 2. The van der Waals surface area contributed by atoms with E-state index in [1.54, 1.807) is 32.9 Å². The number of H-pyrrole nitrogens is 1. The smallest absolute Gasteiger partial charge is 0.339 e. The summed E-state index contributed by atoms with van der Waals surface area (Å²) in [5, 5.41) is 1.74. The molecule has 0 unspecified atom stereocenters. The predicted molar refractivity (Wildman–Crippen MR) is 115 cm³/mol. The van der Waals surface area contributed by atoms with Gasteiger partial charge in [0.1, 0.15) is 4.70 Å². The van der Waals surface area contributed by atoms with Crippen LogP contribution in [0, 0.1) is 13.8 Å². The summed E-state index contributed by atoms with van der Waals surface area (Å²) in [4.78, 5) is 45.4. The minimum atomic E-state index is -0.531. The number of thiophene rings is 1. The van der Waals surface area contributed by atoms with Crippen LogP contribution >= 0.6 is 23.1 Å². The maximum Gasteiger partial charge on any atom is 0.339 e. The third-order valence-corrected chi connectivity index (χ3v) is 6.55. The van der Waals surface area contributed by atoms with Gasteiger partial charge < -0.3 is 9.72 Å². The van der Waals surface area contributed by atoms with Crippen molar-refractivity contribution in [3.63, 3.8) is 0 Å². The zero-order chi connectivity index (χ0) is 21.3. The van der Waals surface area contributed by atoms with Crippen LogP contribution in [0.4, 0.5) is 0 Å². The van der Waals surface area contributed by atoms with Gasteiger partial charge in [0.05, 0.1) is 29.1 Å². The molecule has 29 heavy (non-hydrogen) atoms. The number of rotatable bonds is 7. The van der Waals surface area contributed by atoms with E-state index in [0.717, 1.165) is 0 Å². The van der Waals surface area contributed by atoms with E-state index < -0.39 is 11.2 Å². The number of esters is 1. The van der Waals surface area contributed by atoms with Crippen molar-refractivity contribution in [1.29, 1.82) is 0 Å². The molecular formula is C20H21N3O4S2. The molecular weight excluding hydrogens is 410 g/mol. The van der Waals surface area contributed by atoms with Crippen LogP contribution < -0.4 is 5.56 Å². The van der Waals surface area contributed by atoms with E-state index in [0.29, 0.717) is 44.4 Å². The minimum absolute atomic E-state index is 0.146. The van der Waals surface area contributed by atoms with Gasteiger partial charge in [-0.1, -0.05) is 17.8 Å². The Morgan fingerprint density at radius 3 is 2.83 bits per heavy atom. The number of aromatic nitrogens is 3. The highest BCUT2D eigenvalue weighted by Crippen LogP contribution is 2.28. The summed E-state index contributed by atoms with van der Waals surface area (Å²) < 4.78 is 6.90. The van der Waals surface area contributed by atoms with Gasteiger partial charge >= 0.3 is 5.97 Å². The van der Waals surface area contributed by atoms with Gasteiger partial charge in [-0.3, -0.25) is 14.2 Å². The molecule has 0 aliphatic heterocycles. The molecule has 1 N–H and O–H groups in total. The molecule has 152 valence electrons. The van der Waals surface area contributed by atoms with E-state index in [4.69, 9.17) is 4.74 Å². The van der Waals surface area contributed by atoms with Gasteiger partial charge in [-0.25, -0.2) is 9.78 Å². The van der Waals surface area contributed by atoms with Crippen molar-refractivity contribution in [2.24, 2.45) is 0 Å². The van der Waals surface area contributed by atoms with Crippen molar-refractivity contribution in [3.05, 3.63) is 57.0 Å². The molecule has 3 aromatic rings. The fraction of sp³-hybridized carbons (Fsp3) is 0.300. The number of Topliss-reactive ketones (excluding diaryl/α,β-unsaturated/α-hetero) is 1. The summed E-state index contributed by atoms with van der Waals surface area (Å²) in [5.74, 6) is -0.671. The maximum atomic E-state index is 13.1. The summed E-state index contributed by atoms with van der Waals surface area (Å²) in [5.41, 5.74) is 2.33. The Morgan fingerprint density at radius 1 is 1.45 bits per heavy atom. The van der Waals surface area contributed by atoms with Gasteiger partial charge in [0.2, 0.25) is 0 Å². The second-order valence-corrected chi connectivity index (χ2v) is 8.70. The Kier molecular flexibility index (Phi) is 6.09. The number of fused-ring (bicyclic) bond motifs is 1. The van der Waals surface area contributed by atoms with Gasteiger partial charge in [-0.15, -0.1) is 17.9 Å². The van der Waals surface area contributed by atoms with Crippen LogP contribution in [0.2, 0.25) is 0 Å². The fourth-order valence-electron chi connectivity index (χ4n) is 3.12. The van der Waals surface area contributed by atoms with E-state index in [1.807, 2.05) is 5.38 Å². The lowest BCUT2D eigenvalue weighted by Gasteiger charge is -2.14. The number of thioether (sulfide) groups is 1. The summed E-state index contributed by atoms with van der Waals surface area (Å²) in [6.07, 6.45) is 1.63. The molecule has 0 spiro atoms. The molecule has 0 aromatic carbocycles. The Labute approximate surface area is 175 Å². The molecule has 0 saturated carbocycles. The zero-order valence-electron chi connectivity index (χ0n) is 16.6. The molecule has 3 rings (SSSR count). The van der Waals surface area contributed by atoms with Gasteiger partial charge in [0.25, 0.3) is 5.56 Å². The standard InChI is InChI=1S/C20H21N3O4S2/c1-6-8-23-18(25)17-13(7-9-28-17)22-20(23)29-12(4)16(24)15-10(2)14(11(3)21-15)19(26)27-5/h6-7,9,12,21H,1,8H2,2-5H3/t12-/m1/s1. The van der Waals surface area contributed by atoms with Crippen molar-refractivity contribution in [2.75, 3.05) is 7.11 Å². The predicted octanol–water partition coefficient (Wildman–Crippen LogP) is 3.74. The number of aryl methyl sites for hydroxylation is 1. The van der Waals surface area contributed by atoms with Crippen LogP contribution in [0.25, 0.3) is 10.2 Å². The van der Waals surface area contributed by atoms with Gasteiger partial charge in [0, 0.05) is 12.2 Å². The van der Waals surface area contributed by atoms with Crippen molar-refractivity contribution in [2.45, 2.75) is 37.7 Å². The summed E-state index contributed by atoms with van der Waals surface area (Å²) in [6.45, 7) is 9.20. The molecule has 1 atom stereocenters. The van der Waals surface area contributed by atoms with Crippen LogP contribution in [-0.2, 0) is 11.3 Å². The molecule has 0 aliphatic carbocycles. The van der Waals surface area contributed by atoms with Gasteiger partial charge in [-0.05, 0) is 37.8 Å². The number of allylic oxidation sites excluding steroid dienone is 1. The number of methoxy groups -OCH3 is 1. The number of nitrogens with one attached hydrogen (secondary N) is 1. The lowest BCUT2D eigenvalue weighted by molar-refractivity contribution is 0.0599. The first-order chi connectivity index (χ1) is 13.8. The number of hydrogen-bond acceptors (Lipinski definition) is 7. The van der Waals surface area contributed by atoms with Crippen LogP contribution in [0.5, 0.6) is 0 Å². The molecule has 7 nitrogen and oxygen atoms in total. The largest absolute Gasteiger partial charge is 0.465 e. The number of ketones is 1. The van der Waals surface area contributed by atoms with Gasteiger partial charge in [0.15, 0.2) is 10.9 Å². The van der Waals surface area contributed by atoms with Crippen molar-refractivity contribution >= 4 is 45.1 Å². The molecule has 3 aromatic heterocycles. The molecule has 0 aliphatic rings. The summed E-state index contributed by atoms with van der Waals surface area (Å²) >= 11 is 2.55. The van der Waals surface area contributed by atoms with E-state index in [2.05, 4.69) is 16.5 Å². The van der Waals surface area contributed by atoms with E-state index in [1.165, 1.54) is 34.8 Å². The van der Waals surface area contributed by atoms with Gasteiger partial charge in [-0.2, -0.15) is 0 Å². The highest BCUT2D eigenvalue weighted by Gasteiger charge is 2.27.